The molecule has 0 spiro atoms. The largest absolute Gasteiger partial charge is 0.493 e. The predicted molar refractivity (Wildman–Crippen MR) is 263 cm³/mol. The molecule has 0 bridgehead atoms. The van der Waals surface area contributed by atoms with E-state index in [1.165, 1.54) is 16.8 Å². The second-order valence-corrected chi connectivity index (χ2v) is 20.5. The number of methoxy groups -OCH3 is 2. The number of carbonyl (C=O) groups excluding carboxylic acids is 3. The molecule has 65 heavy (non-hydrogen) atoms. The first-order chi connectivity index (χ1) is 31.4. The molecule has 4 aromatic rings. The number of nitrogens with zero attached hydrogens (tertiary/aromatic N) is 4. The molecule has 14 heteroatoms. The van der Waals surface area contributed by atoms with Gasteiger partial charge < -0.3 is 34.1 Å². The maximum atomic E-state index is 14.1. The molecule has 8 rings (SSSR count). The van der Waals surface area contributed by atoms with Gasteiger partial charge >= 0.3 is 0 Å². The molecular weight excluding hydrogens is 859 g/mol. The average Bonchev–Trinajstić information content (AvgIpc) is 3.81. The van der Waals surface area contributed by atoms with Crippen molar-refractivity contribution >= 4 is 68.7 Å². The number of anilines is 3. The van der Waals surface area contributed by atoms with Crippen molar-refractivity contribution in [2.75, 3.05) is 56.2 Å². The van der Waals surface area contributed by atoms with Gasteiger partial charge in [0.1, 0.15) is 13.2 Å². The number of rotatable bonds is 18. The number of benzene rings is 4. The van der Waals surface area contributed by atoms with Gasteiger partial charge in [-0.25, -0.2) is 0 Å². The van der Waals surface area contributed by atoms with E-state index in [2.05, 4.69) is 61.5 Å². The van der Waals surface area contributed by atoms with Gasteiger partial charge in [-0.05, 0) is 117 Å². The molecule has 2 amide bonds. The number of hydrogen-bond acceptors (Lipinski definition) is 12. The lowest BCUT2D eigenvalue weighted by atomic mass is 10.0. The lowest BCUT2D eigenvalue weighted by molar-refractivity contribution is -0.118. The minimum Gasteiger partial charge on any atom is -0.493 e. The van der Waals surface area contributed by atoms with Crippen LogP contribution in [0, 0.1) is 0 Å². The zero-order valence-corrected chi connectivity index (χ0v) is 39.8. The van der Waals surface area contributed by atoms with Crippen LogP contribution < -0.4 is 34.1 Å². The highest BCUT2D eigenvalue weighted by Crippen LogP contribution is 2.43. The number of amides is 2. The van der Waals surface area contributed by atoms with Gasteiger partial charge in [-0.15, -0.1) is 0 Å². The van der Waals surface area contributed by atoms with Crippen molar-refractivity contribution in [2.24, 2.45) is 4.99 Å². The van der Waals surface area contributed by atoms with E-state index in [4.69, 9.17) is 23.9 Å². The molecule has 4 aromatic carbocycles. The van der Waals surface area contributed by atoms with Gasteiger partial charge in [0.25, 0.3) is 5.91 Å². The summed E-state index contributed by atoms with van der Waals surface area (Å²) in [4.78, 5) is 50.7. The highest BCUT2D eigenvalue weighted by atomic mass is 33.1. The topological polar surface area (TPSA) is 122 Å². The fraction of sp³-hybridized carbons (Fsp3) is 0.373. The van der Waals surface area contributed by atoms with E-state index in [-0.39, 0.29) is 41.9 Å². The second-order valence-electron chi connectivity index (χ2n) is 17.4. The van der Waals surface area contributed by atoms with Crippen LogP contribution in [0.15, 0.2) is 95.1 Å². The number of para-hydroxylation sites is 1. The van der Waals surface area contributed by atoms with Crippen molar-refractivity contribution in [3.63, 3.8) is 0 Å². The van der Waals surface area contributed by atoms with Crippen molar-refractivity contribution in [3.8, 4) is 23.0 Å². The van der Waals surface area contributed by atoms with Gasteiger partial charge in [-0.1, -0.05) is 45.9 Å². The molecule has 1 unspecified atom stereocenters. The summed E-state index contributed by atoms with van der Waals surface area (Å²) in [5, 5.41) is 3.51. The smallest absolute Gasteiger partial charge is 0.261 e. The summed E-state index contributed by atoms with van der Waals surface area (Å²) < 4.78 is 24.4. The average molecular weight is 916 g/mol. The van der Waals surface area contributed by atoms with Crippen molar-refractivity contribution in [1.29, 1.82) is 0 Å². The monoisotopic (exact) mass is 915 g/mol. The zero-order chi connectivity index (χ0) is 45.8. The quantitative estimate of drug-likeness (QED) is 0.0758. The lowest BCUT2D eigenvalue weighted by Crippen LogP contribution is -2.35. The van der Waals surface area contributed by atoms with Crippen LogP contribution in [0.5, 0.6) is 23.0 Å². The number of nitrogens with one attached hydrogen (secondary N) is 1. The van der Waals surface area contributed by atoms with Crippen LogP contribution in [0.4, 0.5) is 22.7 Å². The molecule has 0 radical (unpaired) electrons. The SMILES string of the molecule is COc1cc2c(cc1OCc1cc(COc3cc(NCC4Cc5ccccc5N4C)c(C=O)cc3OC)cc(N(C)C(=O)CCC(C)(C)SSC)c1)N=C[C@@H]1CC3=C(C=CCC3)N1C2=O. The Kier molecular flexibility index (Phi) is 13.9. The summed E-state index contributed by atoms with van der Waals surface area (Å²) in [6, 6.07) is 21.3. The molecule has 340 valence electrons. The number of carbonyl (C=O) groups is 3. The molecule has 0 saturated carbocycles. The third kappa shape index (κ3) is 9.89. The third-order valence-electron chi connectivity index (χ3n) is 12.6. The van der Waals surface area contributed by atoms with Crippen LogP contribution in [0.1, 0.15) is 83.4 Å². The minimum absolute atomic E-state index is 0.00962. The number of fused-ring (bicyclic) bond motifs is 4. The molecule has 1 N–H and O–H groups in total. The highest BCUT2D eigenvalue weighted by Gasteiger charge is 2.38. The second kappa shape index (κ2) is 19.7. The van der Waals surface area contributed by atoms with Gasteiger partial charge in [0, 0.05) is 78.5 Å². The van der Waals surface area contributed by atoms with E-state index in [0.29, 0.717) is 70.6 Å². The Hall–Kier alpha value is -5.86. The Morgan fingerprint density at radius 2 is 1.69 bits per heavy atom. The third-order valence-corrected chi connectivity index (χ3v) is 15.3. The Balaban J connectivity index is 1.04. The van der Waals surface area contributed by atoms with Crippen molar-refractivity contribution in [1.82, 2.24) is 4.90 Å². The molecule has 12 nitrogen and oxygen atoms in total. The van der Waals surface area contributed by atoms with Crippen molar-refractivity contribution < 1.29 is 33.3 Å². The van der Waals surface area contributed by atoms with Gasteiger partial charge in [-0.3, -0.25) is 24.3 Å². The molecule has 4 aliphatic rings. The Morgan fingerprint density at radius 3 is 2.40 bits per heavy atom. The van der Waals surface area contributed by atoms with Crippen LogP contribution in [-0.2, 0) is 24.4 Å². The number of likely N-dealkylation sites (N-methyl/N-ethyl adjacent to an activating group) is 1. The number of aldehydes is 1. The number of hydrogen-bond donors (Lipinski definition) is 1. The Bertz CT molecular complexity index is 2570. The summed E-state index contributed by atoms with van der Waals surface area (Å²) in [5.74, 6) is 1.61. The fourth-order valence-electron chi connectivity index (χ4n) is 9.02. The maximum Gasteiger partial charge on any atom is 0.261 e. The first-order valence-electron chi connectivity index (χ1n) is 22.0. The molecule has 1 aliphatic carbocycles. The van der Waals surface area contributed by atoms with Gasteiger partial charge in [0.05, 0.1) is 37.6 Å². The normalized spacial score (nSPS) is 17.2. The van der Waals surface area contributed by atoms with Crippen LogP contribution >= 0.6 is 21.6 Å². The molecule has 2 atom stereocenters. The van der Waals surface area contributed by atoms with Crippen LogP contribution in [0.3, 0.4) is 0 Å². The van der Waals surface area contributed by atoms with E-state index in [0.717, 1.165) is 48.8 Å². The standard InChI is InChI=1S/C51H57N5O7S2/c1-51(2,65-64-7)17-16-49(58)55(4)37-19-32(30-62-47-25-41(36(29-57)23-45(47)60-5)52-27-38-21-34-12-8-10-14-43(34)54(38)3)18-33(20-37)31-63-48-26-42-40(24-46(48)61-6)50(59)56-39(28-53-42)22-35-13-9-11-15-44(35)56/h8,10-12,14-15,18-20,23-26,28-29,38-39,52H,9,13,16-17,21-22,27,30-31H2,1-7H3/t38?,39-/m0/s1. The summed E-state index contributed by atoms with van der Waals surface area (Å²) in [7, 11) is 10.5. The Labute approximate surface area is 389 Å². The van der Waals surface area contributed by atoms with Crippen molar-refractivity contribution in [3.05, 3.63) is 118 Å². The fourth-order valence-corrected chi connectivity index (χ4v) is 11.3. The highest BCUT2D eigenvalue weighted by molar-refractivity contribution is 8.76. The summed E-state index contributed by atoms with van der Waals surface area (Å²) in [6.45, 7) is 5.17. The van der Waals surface area contributed by atoms with Crippen LogP contribution in [0.2, 0.25) is 0 Å². The molecule has 3 aliphatic heterocycles. The van der Waals surface area contributed by atoms with E-state index in [1.54, 1.807) is 66.0 Å². The van der Waals surface area contributed by atoms with E-state index in [1.807, 2.05) is 47.7 Å². The van der Waals surface area contributed by atoms with E-state index < -0.39 is 0 Å². The first-order valence-corrected chi connectivity index (χ1v) is 24.5. The first kappa shape index (κ1) is 45.7. The molecule has 0 fully saturated rings. The maximum absolute atomic E-state index is 14.1. The van der Waals surface area contributed by atoms with Crippen LogP contribution in [0.25, 0.3) is 0 Å². The lowest BCUT2D eigenvalue weighted by Gasteiger charge is -2.25. The summed E-state index contributed by atoms with van der Waals surface area (Å²) >= 11 is 0. The molecule has 3 heterocycles. The van der Waals surface area contributed by atoms with Crippen LogP contribution in [-0.4, -0.2) is 87.2 Å². The van der Waals surface area contributed by atoms with E-state index >= 15 is 0 Å². The minimum atomic E-state index is -0.139. The van der Waals surface area contributed by atoms with Gasteiger partial charge in [-0.2, -0.15) is 0 Å². The zero-order valence-electron chi connectivity index (χ0n) is 38.1. The number of allylic oxidation sites excluding steroid dienone is 2. The predicted octanol–water partition coefficient (Wildman–Crippen LogP) is 10.2. The number of ether oxygens (including phenoxy) is 4. The summed E-state index contributed by atoms with van der Waals surface area (Å²) in [6.07, 6.45) is 13.6. The van der Waals surface area contributed by atoms with Crippen molar-refractivity contribution in [2.45, 2.75) is 82.4 Å². The summed E-state index contributed by atoms with van der Waals surface area (Å²) in [5.41, 5.74) is 9.10. The molecule has 0 saturated heterocycles. The molecule has 0 aromatic heterocycles. The van der Waals surface area contributed by atoms with Gasteiger partial charge in [0.2, 0.25) is 5.91 Å². The molecular formula is C51H57N5O7S2. The van der Waals surface area contributed by atoms with Gasteiger partial charge in [0.15, 0.2) is 29.3 Å². The van der Waals surface area contributed by atoms with E-state index in [9.17, 15) is 14.4 Å². The number of aliphatic imine (C=N–C) groups is 1. The Morgan fingerprint density at radius 1 is 0.969 bits per heavy atom.